The van der Waals surface area contributed by atoms with Gasteiger partial charge in [0.1, 0.15) is 0 Å². The summed E-state index contributed by atoms with van der Waals surface area (Å²) in [6, 6.07) is 3.98. The summed E-state index contributed by atoms with van der Waals surface area (Å²) in [5, 5.41) is 3.38. The Bertz CT molecular complexity index is 432. The fourth-order valence-electron chi connectivity index (χ4n) is 2.27. The van der Waals surface area contributed by atoms with Gasteiger partial charge in [0, 0.05) is 19.3 Å². The van der Waals surface area contributed by atoms with E-state index < -0.39 is 11.7 Å². The summed E-state index contributed by atoms with van der Waals surface area (Å²) in [6.07, 6.45) is -2.56. The second-order valence-corrected chi connectivity index (χ2v) is 5.06. The van der Waals surface area contributed by atoms with Crippen molar-refractivity contribution < 1.29 is 17.9 Å². The lowest BCUT2D eigenvalue weighted by atomic mass is 9.96. The van der Waals surface area contributed by atoms with E-state index in [1.165, 1.54) is 6.07 Å². The molecular weight excluding hydrogens is 279 g/mol. The molecule has 0 radical (unpaired) electrons. The molecular formula is C16H24F3NO. The summed E-state index contributed by atoms with van der Waals surface area (Å²) in [6.45, 7) is 7.79. The van der Waals surface area contributed by atoms with Gasteiger partial charge in [0.25, 0.3) is 0 Å². The van der Waals surface area contributed by atoms with Gasteiger partial charge in [0.2, 0.25) is 0 Å². The van der Waals surface area contributed by atoms with Gasteiger partial charge in [-0.05, 0) is 56.5 Å². The van der Waals surface area contributed by atoms with Crippen LogP contribution in [0.15, 0.2) is 18.2 Å². The van der Waals surface area contributed by atoms with Crippen LogP contribution < -0.4 is 5.32 Å². The summed E-state index contributed by atoms with van der Waals surface area (Å²) in [5.74, 6) is 0. The lowest BCUT2D eigenvalue weighted by Crippen LogP contribution is -2.24. The minimum atomic E-state index is -4.29. The van der Waals surface area contributed by atoms with Crippen molar-refractivity contribution in [1.29, 1.82) is 0 Å². The van der Waals surface area contributed by atoms with Crippen LogP contribution in [0.3, 0.4) is 0 Å². The topological polar surface area (TPSA) is 21.3 Å². The quantitative estimate of drug-likeness (QED) is 0.715. The van der Waals surface area contributed by atoms with Crippen LogP contribution in [-0.2, 0) is 10.9 Å². The van der Waals surface area contributed by atoms with Gasteiger partial charge >= 0.3 is 6.18 Å². The van der Waals surface area contributed by atoms with Crippen LogP contribution in [0.4, 0.5) is 13.2 Å². The molecule has 1 aromatic carbocycles. The molecule has 0 heterocycles. The molecule has 1 N–H and O–H groups in total. The van der Waals surface area contributed by atoms with E-state index in [4.69, 9.17) is 4.74 Å². The van der Waals surface area contributed by atoms with E-state index >= 15 is 0 Å². The van der Waals surface area contributed by atoms with Crippen molar-refractivity contribution >= 4 is 0 Å². The molecule has 1 unspecified atom stereocenters. The zero-order valence-electron chi connectivity index (χ0n) is 12.9. The van der Waals surface area contributed by atoms with E-state index in [0.717, 1.165) is 31.0 Å². The van der Waals surface area contributed by atoms with Gasteiger partial charge in [-0.15, -0.1) is 0 Å². The van der Waals surface area contributed by atoms with E-state index in [9.17, 15) is 13.2 Å². The number of nitrogens with one attached hydrogen (secondary N) is 1. The van der Waals surface area contributed by atoms with Gasteiger partial charge < -0.3 is 10.1 Å². The van der Waals surface area contributed by atoms with Crippen LogP contribution in [0.2, 0.25) is 0 Å². The molecule has 1 atom stereocenters. The maximum Gasteiger partial charge on any atom is 0.416 e. The summed E-state index contributed by atoms with van der Waals surface area (Å²) in [4.78, 5) is 0. The van der Waals surface area contributed by atoms with Gasteiger partial charge in [-0.3, -0.25) is 0 Å². The summed E-state index contributed by atoms with van der Waals surface area (Å²) < 4.78 is 43.5. The molecule has 0 fully saturated rings. The minimum Gasteiger partial charge on any atom is -0.382 e. The molecule has 0 aliphatic heterocycles. The van der Waals surface area contributed by atoms with Crippen LogP contribution in [0.1, 0.15) is 49.4 Å². The van der Waals surface area contributed by atoms with Gasteiger partial charge in [0.05, 0.1) is 5.56 Å². The van der Waals surface area contributed by atoms with Crippen molar-refractivity contribution in [3.05, 3.63) is 34.9 Å². The number of aryl methyl sites for hydroxylation is 1. The van der Waals surface area contributed by atoms with Gasteiger partial charge in [-0.1, -0.05) is 13.0 Å². The molecule has 120 valence electrons. The second-order valence-electron chi connectivity index (χ2n) is 5.06. The second kappa shape index (κ2) is 8.39. The third-order valence-electron chi connectivity index (χ3n) is 3.37. The minimum absolute atomic E-state index is 0.0267. The average molecular weight is 303 g/mol. The maximum atomic E-state index is 12.7. The Morgan fingerprint density at radius 3 is 2.48 bits per heavy atom. The molecule has 0 saturated carbocycles. The van der Waals surface area contributed by atoms with Crippen LogP contribution in [0, 0.1) is 6.92 Å². The Kier molecular flexibility index (Phi) is 7.18. The van der Waals surface area contributed by atoms with E-state index in [1.807, 2.05) is 6.92 Å². The molecule has 5 heteroatoms. The third-order valence-corrected chi connectivity index (χ3v) is 3.37. The highest BCUT2D eigenvalue weighted by Crippen LogP contribution is 2.32. The summed E-state index contributed by atoms with van der Waals surface area (Å²) >= 11 is 0. The molecule has 1 aromatic rings. The number of halogens is 3. The van der Waals surface area contributed by atoms with Gasteiger partial charge in [-0.2, -0.15) is 13.2 Å². The van der Waals surface area contributed by atoms with Gasteiger partial charge in [-0.25, -0.2) is 0 Å². The molecule has 0 spiro atoms. The zero-order chi connectivity index (χ0) is 15.9. The largest absolute Gasteiger partial charge is 0.416 e. The Labute approximate surface area is 124 Å². The highest BCUT2D eigenvalue weighted by Gasteiger charge is 2.31. The van der Waals surface area contributed by atoms with Crippen molar-refractivity contribution in [2.45, 2.75) is 45.8 Å². The van der Waals surface area contributed by atoms with Crippen LogP contribution >= 0.6 is 0 Å². The normalized spacial score (nSPS) is 13.4. The first-order chi connectivity index (χ1) is 9.90. The first-order valence-corrected chi connectivity index (χ1v) is 7.39. The van der Waals surface area contributed by atoms with Crippen LogP contribution in [0.25, 0.3) is 0 Å². The SMILES string of the molecule is CCCNC(CCOCC)c1ccc(C(F)(F)F)cc1C. The average Bonchev–Trinajstić information content (AvgIpc) is 2.42. The smallest absolute Gasteiger partial charge is 0.382 e. The number of hydrogen-bond acceptors (Lipinski definition) is 2. The monoisotopic (exact) mass is 303 g/mol. The highest BCUT2D eigenvalue weighted by molar-refractivity contribution is 5.34. The molecule has 0 amide bonds. The zero-order valence-corrected chi connectivity index (χ0v) is 12.9. The number of benzene rings is 1. The third kappa shape index (κ3) is 5.67. The number of hydrogen-bond donors (Lipinski definition) is 1. The van der Waals surface area contributed by atoms with Crippen molar-refractivity contribution in [2.75, 3.05) is 19.8 Å². The molecule has 0 saturated heterocycles. The van der Waals surface area contributed by atoms with E-state index in [1.54, 1.807) is 13.0 Å². The Balaban J connectivity index is 2.90. The Hall–Kier alpha value is -1.07. The first-order valence-electron chi connectivity index (χ1n) is 7.39. The summed E-state index contributed by atoms with van der Waals surface area (Å²) in [7, 11) is 0. The predicted molar refractivity (Wildman–Crippen MR) is 78.3 cm³/mol. The molecule has 0 aliphatic rings. The van der Waals surface area contributed by atoms with Crippen molar-refractivity contribution in [3.63, 3.8) is 0 Å². The number of alkyl halides is 3. The maximum absolute atomic E-state index is 12.7. The molecule has 0 aromatic heterocycles. The van der Waals surface area contributed by atoms with Crippen molar-refractivity contribution in [3.8, 4) is 0 Å². The number of ether oxygens (including phenoxy) is 1. The highest BCUT2D eigenvalue weighted by atomic mass is 19.4. The Morgan fingerprint density at radius 2 is 1.95 bits per heavy atom. The first kappa shape index (κ1) is 18.0. The van der Waals surface area contributed by atoms with E-state index in [-0.39, 0.29) is 6.04 Å². The van der Waals surface area contributed by atoms with Gasteiger partial charge in [0.15, 0.2) is 0 Å². The van der Waals surface area contributed by atoms with Crippen molar-refractivity contribution in [2.24, 2.45) is 0 Å². The molecule has 0 bridgehead atoms. The number of rotatable bonds is 8. The van der Waals surface area contributed by atoms with Crippen LogP contribution in [0.5, 0.6) is 0 Å². The van der Waals surface area contributed by atoms with E-state index in [2.05, 4.69) is 12.2 Å². The fraction of sp³-hybridized carbons (Fsp3) is 0.625. The fourth-order valence-corrected chi connectivity index (χ4v) is 2.27. The molecule has 2 nitrogen and oxygen atoms in total. The van der Waals surface area contributed by atoms with Crippen LogP contribution in [-0.4, -0.2) is 19.8 Å². The lowest BCUT2D eigenvalue weighted by molar-refractivity contribution is -0.137. The standard InChI is InChI=1S/C16H24F3NO/c1-4-9-20-15(8-10-21-5-2)14-7-6-13(11-12(14)3)16(17,18)19/h6-7,11,15,20H,4-5,8-10H2,1-3H3. The molecule has 21 heavy (non-hydrogen) atoms. The summed E-state index contributed by atoms with van der Waals surface area (Å²) in [5.41, 5.74) is 0.980. The lowest BCUT2D eigenvalue weighted by Gasteiger charge is -2.22. The molecule has 1 rings (SSSR count). The van der Waals surface area contributed by atoms with E-state index in [0.29, 0.717) is 18.8 Å². The van der Waals surface area contributed by atoms with Crippen molar-refractivity contribution in [1.82, 2.24) is 5.32 Å². The predicted octanol–water partition coefficient (Wildman–Crippen LogP) is 4.48. The molecule has 0 aliphatic carbocycles. The Morgan fingerprint density at radius 1 is 1.24 bits per heavy atom.